The highest BCUT2D eigenvalue weighted by molar-refractivity contribution is 6.30. The van der Waals surface area contributed by atoms with Crippen LogP contribution in [0.3, 0.4) is 0 Å². The van der Waals surface area contributed by atoms with Crippen LogP contribution >= 0.6 is 11.6 Å². The van der Waals surface area contributed by atoms with Gasteiger partial charge in [0.05, 0.1) is 16.9 Å². The lowest BCUT2D eigenvalue weighted by molar-refractivity contribution is 0.103. The molecule has 0 fully saturated rings. The molecular weight excluding hydrogens is 392 g/mol. The van der Waals surface area contributed by atoms with Crippen molar-refractivity contribution in [2.75, 3.05) is 0 Å². The summed E-state index contributed by atoms with van der Waals surface area (Å²) in [6, 6.07) is 13.8. The third-order valence-electron chi connectivity index (χ3n) is 4.38. The molecule has 0 aliphatic heterocycles. The molecule has 0 saturated carbocycles. The van der Waals surface area contributed by atoms with Crippen LogP contribution in [0.4, 0.5) is 0 Å². The molecule has 0 spiro atoms. The van der Waals surface area contributed by atoms with Crippen LogP contribution in [0.25, 0.3) is 17.5 Å². The van der Waals surface area contributed by atoms with Crippen LogP contribution in [0.5, 0.6) is 0 Å². The maximum absolute atomic E-state index is 13.3. The maximum Gasteiger partial charge on any atom is 0.368 e. The quantitative estimate of drug-likeness (QED) is 0.475. The smallest absolute Gasteiger partial charge is 0.287 e. The first-order chi connectivity index (χ1) is 14.0. The summed E-state index contributed by atoms with van der Waals surface area (Å²) in [5, 5.41) is 12.6. The molecule has 0 aliphatic rings. The van der Waals surface area contributed by atoms with E-state index in [1.54, 1.807) is 65.5 Å². The Balaban J connectivity index is 1.82. The van der Waals surface area contributed by atoms with Gasteiger partial charge in [-0.05, 0) is 52.4 Å². The lowest BCUT2D eigenvalue weighted by Crippen LogP contribution is -2.24. The van der Waals surface area contributed by atoms with Crippen LogP contribution in [0.2, 0.25) is 5.02 Å². The van der Waals surface area contributed by atoms with Gasteiger partial charge in [0.1, 0.15) is 5.69 Å². The number of halogens is 1. The second-order valence-electron chi connectivity index (χ2n) is 6.19. The van der Waals surface area contributed by atoms with Gasteiger partial charge in [0.15, 0.2) is 0 Å². The number of carbonyl (C=O) groups excluding carboxylic acids is 1. The molecular formula is C20H15ClN6O2. The van der Waals surface area contributed by atoms with Crippen molar-refractivity contribution in [1.29, 1.82) is 0 Å². The van der Waals surface area contributed by atoms with Crippen LogP contribution < -0.4 is 5.69 Å². The van der Waals surface area contributed by atoms with Gasteiger partial charge >= 0.3 is 5.69 Å². The number of rotatable bonds is 5. The zero-order valence-corrected chi connectivity index (χ0v) is 16.1. The minimum atomic E-state index is -0.466. The molecule has 0 saturated heterocycles. The minimum absolute atomic E-state index is 0.215. The molecule has 0 amide bonds. The SMILES string of the molecule is C=Cc1cccc(-n2nnn(C)c2=O)c1C(=O)c1ccn(-c2ccc(Cl)cc2)n1. The number of benzene rings is 2. The maximum atomic E-state index is 13.3. The zero-order valence-electron chi connectivity index (χ0n) is 15.4. The number of hydrogen-bond acceptors (Lipinski definition) is 5. The van der Waals surface area contributed by atoms with Crippen LogP contribution in [0.15, 0.2) is 66.1 Å². The first-order valence-corrected chi connectivity index (χ1v) is 8.98. The summed E-state index contributed by atoms with van der Waals surface area (Å²) in [5.41, 5.74) is 1.65. The van der Waals surface area contributed by atoms with E-state index < -0.39 is 5.69 Å². The van der Waals surface area contributed by atoms with E-state index in [0.717, 1.165) is 15.1 Å². The Hall–Kier alpha value is -3.78. The van der Waals surface area contributed by atoms with Gasteiger partial charge in [-0.2, -0.15) is 14.5 Å². The average Bonchev–Trinajstić information content (AvgIpc) is 3.35. The van der Waals surface area contributed by atoms with E-state index in [4.69, 9.17) is 11.6 Å². The molecule has 9 heteroatoms. The largest absolute Gasteiger partial charge is 0.368 e. The van der Waals surface area contributed by atoms with Crippen LogP contribution in [-0.2, 0) is 7.05 Å². The van der Waals surface area contributed by atoms with Crippen molar-refractivity contribution in [2.24, 2.45) is 7.05 Å². The van der Waals surface area contributed by atoms with Gasteiger partial charge in [-0.1, -0.05) is 36.4 Å². The molecule has 29 heavy (non-hydrogen) atoms. The van der Waals surface area contributed by atoms with Crippen molar-refractivity contribution >= 4 is 23.5 Å². The number of hydrogen-bond donors (Lipinski definition) is 0. The van der Waals surface area contributed by atoms with Crippen molar-refractivity contribution in [2.45, 2.75) is 0 Å². The molecule has 144 valence electrons. The molecule has 4 aromatic rings. The zero-order chi connectivity index (χ0) is 20.5. The Kier molecular flexibility index (Phi) is 4.69. The highest BCUT2D eigenvalue weighted by Gasteiger charge is 2.22. The average molecular weight is 407 g/mol. The highest BCUT2D eigenvalue weighted by Crippen LogP contribution is 2.22. The topological polar surface area (TPSA) is 87.6 Å². The predicted molar refractivity (Wildman–Crippen MR) is 109 cm³/mol. The summed E-state index contributed by atoms with van der Waals surface area (Å²) in [6.07, 6.45) is 3.23. The number of tetrazole rings is 1. The van der Waals surface area contributed by atoms with Crippen molar-refractivity contribution < 1.29 is 4.79 Å². The van der Waals surface area contributed by atoms with E-state index in [0.29, 0.717) is 16.3 Å². The highest BCUT2D eigenvalue weighted by atomic mass is 35.5. The van der Waals surface area contributed by atoms with Crippen LogP contribution in [0.1, 0.15) is 21.6 Å². The molecule has 0 unspecified atom stereocenters. The summed E-state index contributed by atoms with van der Waals surface area (Å²) in [5.74, 6) is -0.360. The van der Waals surface area contributed by atoms with E-state index >= 15 is 0 Å². The molecule has 2 aromatic carbocycles. The summed E-state index contributed by atoms with van der Waals surface area (Å²) in [6.45, 7) is 3.77. The number of aromatic nitrogens is 6. The number of ketones is 1. The normalized spacial score (nSPS) is 10.8. The molecule has 8 nitrogen and oxygen atoms in total. The Bertz CT molecular complexity index is 1280. The van der Waals surface area contributed by atoms with Crippen molar-refractivity contribution in [3.05, 3.63) is 93.6 Å². The Morgan fingerprint density at radius 1 is 1.10 bits per heavy atom. The van der Waals surface area contributed by atoms with Crippen molar-refractivity contribution in [3.63, 3.8) is 0 Å². The lowest BCUT2D eigenvalue weighted by atomic mass is 9.99. The fraction of sp³-hybridized carbons (Fsp3) is 0.0500. The van der Waals surface area contributed by atoms with Gasteiger partial charge in [-0.15, -0.1) is 0 Å². The number of carbonyl (C=O) groups is 1. The van der Waals surface area contributed by atoms with Gasteiger partial charge in [-0.3, -0.25) is 4.79 Å². The van der Waals surface area contributed by atoms with Gasteiger partial charge in [0.2, 0.25) is 5.78 Å². The predicted octanol–water partition coefficient (Wildman–Crippen LogP) is 2.68. The van der Waals surface area contributed by atoms with E-state index in [-0.39, 0.29) is 17.0 Å². The third-order valence-corrected chi connectivity index (χ3v) is 4.64. The van der Waals surface area contributed by atoms with E-state index in [2.05, 4.69) is 22.1 Å². The summed E-state index contributed by atoms with van der Waals surface area (Å²) in [4.78, 5) is 25.7. The summed E-state index contributed by atoms with van der Waals surface area (Å²) in [7, 11) is 1.48. The lowest BCUT2D eigenvalue weighted by Gasteiger charge is -2.09. The molecule has 0 atom stereocenters. The number of aryl methyl sites for hydroxylation is 1. The molecule has 0 aliphatic carbocycles. The van der Waals surface area contributed by atoms with Gasteiger partial charge in [0, 0.05) is 18.3 Å². The summed E-state index contributed by atoms with van der Waals surface area (Å²) < 4.78 is 3.74. The standard InChI is InChI=1S/C20H15ClN6O2/c1-3-13-5-4-6-17(27-20(29)25(2)23-24-27)18(13)19(28)16-11-12-26(22-16)15-9-7-14(21)8-10-15/h3-12H,1H2,2H3. The van der Waals surface area contributed by atoms with Crippen LogP contribution in [0, 0.1) is 0 Å². The van der Waals surface area contributed by atoms with Gasteiger partial charge in [0.25, 0.3) is 0 Å². The van der Waals surface area contributed by atoms with Gasteiger partial charge < -0.3 is 0 Å². The molecule has 0 bridgehead atoms. The second-order valence-corrected chi connectivity index (χ2v) is 6.63. The van der Waals surface area contributed by atoms with Crippen LogP contribution in [-0.4, -0.2) is 35.4 Å². The molecule has 0 radical (unpaired) electrons. The molecule has 2 heterocycles. The van der Waals surface area contributed by atoms with Crippen molar-refractivity contribution in [1.82, 2.24) is 29.6 Å². The molecule has 0 N–H and O–H groups in total. The van der Waals surface area contributed by atoms with Gasteiger partial charge in [-0.25, -0.2) is 9.48 Å². The molecule has 4 rings (SSSR count). The third kappa shape index (κ3) is 3.30. The Morgan fingerprint density at radius 2 is 1.86 bits per heavy atom. The van der Waals surface area contributed by atoms with E-state index in [1.165, 1.54) is 7.05 Å². The fourth-order valence-corrected chi connectivity index (χ4v) is 3.05. The minimum Gasteiger partial charge on any atom is -0.287 e. The van der Waals surface area contributed by atoms with E-state index in [1.807, 2.05) is 0 Å². The Morgan fingerprint density at radius 3 is 2.52 bits per heavy atom. The summed E-state index contributed by atoms with van der Waals surface area (Å²) >= 11 is 5.92. The first-order valence-electron chi connectivity index (χ1n) is 8.60. The van der Waals surface area contributed by atoms with Crippen molar-refractivity contribution in [3.8, 4) is 11.4 Å². The monoisotopic (exact) mass is 406 g/mol. The van der Waals surface area contributed by atoms with E-state index in [9.17, 15) is 9.59 Å². The second kappa shape index (κ2) is 7.33. The first kappa shape index (κ1) is 18.6. The fourth-order valence-electron chi connectivity index (χ4n) is 2.93. The number of nitrogens with zero attached hydrogens (tertiary/aromatic N) is 6. The molecule has 2 aromatic heterocycles. The Labute approximate surface area is 170 Å².